The normalized spacial score (nSPS) is 11.4. The van der Waals surface area contributed by atoms with Gasteiger partial charge in [-0.25, -0.2) is 0 Å². The summed E-state index contributed by atoms with van der Waals surface area (Å²) in [7, 11) is 0. The van der Waals surface area contributed by atoms with Crippen LogP contribution in [0.3, 0.4) is 0 Å². The number of ether oxygens (including phenoxy) is 1. The SMILES string of the molecule is CCCCCCCCCCCCCCCCCCCCCCCCCCCNC(=O)c1ccc(C(=O)NCCCCCCCCCCCCCCCCCCCCCCCCCCC)c(OCCCCCC)c1. The van der Waals surface area contributed by atoms with Gasteiger partial charge >= 0.3 is 0 Å². The van der Waals surface area contributed by atoms with Crippen LogP contribution in [0.15, 0.2) is 18.2 Å². The second kappa shape index (κ2) is 57.7. The molecular formula is C68H128N2O3. The predicted molar refractivity (Wildman–Crippen MR) is 323 cm³/mol. The highest BCUT2D eigenvalue weighted by Crippen LogP contribution is 2.23. The third-order valence-corrected chi connectivity index (χ3v) is 15.9. The van der Waals surface area contributed by atoms with Crippen LogP contribution >= 0.6 is 0 Å². The number of unbranched alkanes of at least 4 members (excludes halogenated alkanes) is 51. The van der Waals surface area contributed by atoms with Crippen molar-refractivity contribution in [2.45, 2.75) is 367 Å². The summed E-state index contributed by atoms with van der Waals surface area (Å²) in [5, 5.41) is 6.27. The van der Waals surface area contributed by atoms with Gasteiger partial charge in [0.2, 0.25) is 0 Å². The van der Waals surface area contributed by atoms with E-state index in [2.05, 4.69) is 31.4 Å². The number of hydrogen-bond donors (Lipinski definition) is 2. The van der Waals surface area contributed by atoms with Crippen LogP contribution in [0.4, 0.5) is 0 Å². The van der Waals surface area contributed by atoms with Gasteiger partial charge in [0.15, 0.2) is 0 Å². The van der Waals surface area contributed by atoms with E-state index in [0.29, 0.717) is 36.6 Å². The number of nitrogens with one attached hydrogen (secondary N) is 2. The minimum absolute atomic E-state index is 0.0810. The van der Waals surface area contributed by atoms with E-state index in [1.54, 1.807) is 18.2 Å². The zero-order valence-electron chi connectivity index (χ0n) is 49.8. The van der Waals surface area contributed by atoms with Crippen LogP contribution in [0.25, 0.3) is 0 Å². The molecule has 0 saturated carbocycles. The molecule has 0 aliphatic heterocycles. The van der Waals surface area contributed by atoms with E-state index in [4.69, 9.17) is 4.74 Å². The Bertz CT molecular complexity index is 1280. The molecule has 0 aliphatic carbocycles. The maximum absolute atomic E-state index is 13.3. The molecule has 0 unspecified atom stereocenters. The summed E-state index contributed by atoms with van der Waals surface area (Å²) in [6.45, 7) is 8.74. The number of amides is 2. The maximum atomic E-state index is 13.3. The molecule has 5 nitrogen and oxygen atoms in total. The molecule has 5 heteroatoms. The summed E-state index contributed by atoms with van der Waals surface area (Å²) < 4.78 is 6.18. The van der Waals surface area contributed by atoms with Gasteiger partial charge in [0.25, 0.3) is 11.8 Å². The summed E-state index contributed by atoms with van der Waals surface area (Å²) in [6, 6.07) is 5.36. The molecule has 0 fully saturated rings. The molecule has 0 spiro atoms. The molecule has 0 heterocycles. The molecule has 0 bridgehead atoms. The molecule has 73 heavy (non-hydrogen) atoms. The monoisotopic (exact) mass is 1020 g/mol. The van der Waals surface area contributed by atoms with Crippen LogP contribution in [0.5, 0.6) is 5.75 Å². The molecular weight excluding hydrogens is 893 g/mol. The molecule has 0 aromatic heterocycles. The molecule has 1 rings (SSSR count). The van der Waals surface area contributed by atoms with Crippen molar-refractivity contribution in [3.8, 4) is 5.75 Å². The fraction of sp³-hybridized carbons (Fsp3) is 0.882. The van der Waals surface area contributed by atoms with Gasteiger partial charge in [0.1, 0.15) is 5.75 Å². The minimum atomic E-state index is -0.102. The van der Waals surface area contributed by atoms with E-state index >= 15 is 0 Å². The molecule has 2 N–H and O–H groups in total. The minimum Gasteiger partial charge on any atom is -0.493 e. The van der Waals surface area contributed by atoms with Crippen LogP contribution in [0.1, 0.15) is 388 Å². The summed E-state index contributed by atoms with van der Waals surface area (Å²) >= 11 is 0. The van der Waals surface area contributed by atoms with E-state index in [9.17, 15) is 9.59 Å². The molecule has 0 saturated heterocycles. The standard InChI is InChI=1S/C68H128N2O3/c1-4-7-10-13-15-17-19-21-23-25-27-29-31-33-35-37-39-41-43-45-47-49-51-53-55-60-69-67(71)64-58-59-65(66(63-64)73-62-57-12-9-6-3)68(72)70-61-56-54-52-50-48-46-44-42-40-38-36-34-32-30-28-26-24-22-20-18-16-14-11-8-5-2/h58-59,63H,4-57,60-62H2,1-3H3,(H,69,71)(H,70,72). The summed E-state index contributed by atoms with van der Waals surface area (Å²) in [4.78, 5) is 26.5. The Hall–Kier alpha value is -2.04. The molecule has 0 atom stereocenters. The highest BCUT2D eigenvalue weighted by atomic mass is 16.5. The van der Waals surface area contributed by atoms with Gasteiger partial charge < -0.3 is 15.4 Å². The highest BCUT2D eigenvalue weighted by molar-refractivity contribution is 6.00. The van der Waals surface area contributed by atoms with Crippen molar-refractivity contribution in [2.24, 2.45) is 0 Å². The van der Waals surface area contributed by atoms with E-state index in [0.717, 1.165) is 38.5 Å². The van der Waals surface area contributed by atoms with Crippen molar-refractivity contribution in [1.82, 2.24) is 10.6 Å². The van der Waals surface area contributed by atoms with E-state index in [-0.39, 0.29) is 11.8 Å². The molecule has 1 aromatic carbocycles. The molecule has 2 amide bonds. The van der Waals surface area contributed by atoms with Crippen molar-refractivity contribution < 1.29 is 14.3 Å². The van der Waals surface area contributed by atoms with Crippen molar-refractivity contribution in [2.75, 3.05) is 19.7 Å². The predicted octanol–water partition coefficient (Wildman–Crippen LogP) is 22.7. The summed E-state index contributed by atoms with van der Waals surface area (Å²) in [6.07, 6.45) is 73.9. The van der Waals surface area contributed by atoms with Crippen LogP contribution in [0, 0.1) is 0 Å². The Morgan fingerprint density at radius 1 is 0.301 bits per heavy atom. The van der Waals surface area contributed by atoms with Crippen molar-refractivity contribution >= 4 is 11.8 Å². The third-order valence-electron chi connectivity index (χ3n) is 15.9. The van der Waals surface area contributed by atoms with Crippen LogP contribution in [-0.4, -0.2) is 31.5 Å². The first-order valence-electron chi connectivity index (χ1n) is 33.5. The van der Waals surface area contributed by atoms with E-state index in [1.165, 1.54) is 308 Å². The first-order valence-corrected chi connectivity index (χ1v) is 33.5. The fourth-order valence-electron chi connectivity index (χ4n) is 10.8. The van der Waals surface area contributed by atoms with Gasteiger partial charge in [-0.3, -0.25) is 9.59 Å². The molecule has 0 aliphatic rings. The van der Waals surface area contributed by atoms with Gasteiger partial charge in [-0.1, -0.05) is 348 Å². The van der Waals surface area contributed by atoms with Gasteiger partial charge in [-0.2, -0.15) is 0 Å². The van der Waals surface area contributed by atoms with Gasteiger partial charge in [-0.05, 0) is 37.5 Å². The average Bonchev–Trinajstić information content (AvgIpc) is 3.40. The maximum Gasteiger partial charge on any atom is 0.255 e. The lowest BCUT2D eigenvalue weighted by Crippen LogP contribution is -2.26. The Morgan fingerprint density at radius 2 is 0.534 bits per heavy atom. The second-order valence-electron chi connectivity index (χ2n) is 23.1. The van der Waals surface area contributed by atoms with Crippen molar-refractivity contribution in [3.05, 3.63) is 29.3 Å². The zero-order valence-corrected chi connectivity index (χ0v) is 49.8. The number of hydrogen-bond acceptors (Lipinski definition) is 3. The Balaban J connectivity index is 2.06. The Morgan fingerprint density at radius 3 is 0.808 bits per heavy atom. The van der Waals surface area contributed by atoms with Crippen molar-refractivity contribution in [3.63, 3.8) is 0 Å². The Kier molecular flexibility index (Phi) is 54.5. The highest BCUT2D eigenvalue weighted by Gasteiger charge is 2.16. The topological polar surface area (TPSA) is 67.4 Å². The first-order chi connectivity index (χ1) is 36.1. The molecule has 1 aromatic rings. The van der Waals surface area contributed by atoms with Crippen molar-refractivity contribution in [1.29, 1.82) is 0 Å². The van der Waals surface area contributed by atoms with Gasteiger partial charge in [0.05, 0.1) is 12.2 Å². The third kappa shape index (κ3) is 48.1. The lowest BCUT2D eigenvalue weighted by atomic mass is 10.0. The lowest BCUT2D eigenvalue weighted by Gasteiger charge is -2.14. The van der Waals surface area contributed by atoms with E-state index < -0.39 is 0 Å². The summed E-state index contributed by atoms with van der Waals surface area (Å²) in [5.41, 5.74) is 1.10. The molecule has 428 valence electrons. The van der Waals surface area contributed by atoms with Crippen LogP contribution < -0.4 is 15.4 Å². The van der Waals surface area contributed by atoms with Gasteiger partial charge in [-0.15, -0.1) is 0 Å². The molecule has 0 radical (unpaired) electrons. The lowest BCUT2D eigenvalue weighted by molar-refractivity contribution is 0.0937. The summed E-state index contributed by atoms with van der Waals surface area (Å²) in [5.74, 6) is 0.347. The smallest absolute Gasteiger partial charge is 0.255 e. The number of rotatable bonds is 60. The van der Waals surface area contributed by atoms with E-state index in [1.807, 2.05) is 0 Å². The van der Waals surface area contributed by atoms with Gasteiger partial charge in [0, 0.05) is 18.7 Å². The average molecular weight is 1020 g/mol. The number of carbonyl (C=O) groups excluding carboxylic acids is 2. The number of carbonyl (C=O) groups is 2. The van der Waals surface area contributed by atoms with Crippen LogP contribution in [0.2, 0.25) is 0 Å². The fourth-order valence-corrected chi connectivity index (χ4v) is 10.8. The number of benzene rings is 1. The Labute approximate surface area is 457 Å². The second-order valence-corrected chi connectivity index (χ2v) is 23.1. The first kappa shape index (κ1) is 69.0. The largest absolute Gasteiger partial charge is 0.493 e. The zero-order chi connectivity index (χ0) is 52.4. The quantitative estimate of drug-likeness (QED) is 0.0639. The van der Waals surface area contributed by atoms with Crippen LogP contribution in [-0.2, 0) is 0 Å².